The second kappa shape index (κ2) is 10.6. The zero-order valence-electron chi connectivity index (χ0n) is 18.1. The van der Waals surface area contributed by atoms with Crippen LogP contribution in [0, 0.1) is 0 Å². The summed E-state index contributed by atoms with van der Waals surface area (Å²) in [5.41, 5.74) is 1.24. The number of nitrogens with one attached hydrogen (secondary N) is 1. The van der Waals surface area contributed by atoms with Crippen LogP contribution in [-0.2, 0) is 17.4 Å². The van der Waals surface area contributed by atoms with Crippen LogP contribution in [0.15, 0.2) is 77.0 Å². The van der Waals surface area contributed by atoms with Crippen molar-refractivity contribution in [2.45, 2.75) is 37.1 Å². The average Bonchev–Trinajstić information content (AvgIpc) is 3.28. The number of nitrogens with zero attached hydrogens (tertiary/aromatic N) is 2. The number of benzene rings is 3. The zero-order chi connectivity index (χ0) is 25.2. The van der Waals surface area contributed by atoms with Crippen LogP contribution in [0.1, 0.15) is 40.8 Å². The highest BCUT2D eigenvalue weighted by atomic mass is 35.5. The van der Waals surface area contributed by atoms with Crippen molar-refractivity contribution in [3.8, 4) is 0 Å². The van der Waals surface area contributed by atoms with Gasteiger partial charge in [-0.1, -0.05) is 65.1 Å². The Bertz CT molecular complexity index is 1230. The van der Waals surface area contributed by atoms with Gasteiger partial charge in [-0.3, -0.25) is 4.79 Å². The Kier molecular flexibility index (Phi) is 7.69. The number of halogens is 6. The molecule has 3 atom stereocenters. The number of hydrogen-bond acceptors (Lipinski definition) is 3. The highest BCUT2D eigenvalue weighted by Gasteiger charge is 2.34. The van der Waals surface area contributed by atoms with Crippen LogP contribution in [0.2, 0.25) is 15.1 Å². The number of azo groups is 1. The van der Waals surface area contributed by atoms with Gasteiger partial charge in [-0.15, -0.1) is 0 Å². The minimum Gasteiger partial charge on any atom is -0.347 e. The summed E-state index contributed by atoms with van der Waals surface area (Å²) in [5, 5.41) is 13.2. The minimum atomic E-state index is -4.44. The summed E-state index contributed by atoms with van der Waals surface area (Å²) in [6, 6.07) is 15.5. The molecule has 1 amide bonds. The van der Waals surface area contributed by atoms with Crippen LogP contribution in [0.25, 0.3) is 0 Å². The Morgan fingerprint density at radius 2 is 1.60 bits per heavy atom. The average molecular weight is 541 g/mol. The number of alkyl halides is 3. The van der Waals surface area contributed by atoms with Gasteiger partial charge < -0.3 is 5.32 Å². The van der Waals surface area contributed by atoms with E-state index in [1.54, 1.807) is 30.3 Å². The summed E-state index contributed by atoms with van der Waals surface area (Å²) >= 11 is 18.5. The Morgan fingerprint density at radius 1 is 0.943 bits per heavy atom. The van der Waals surface area contributed by atoms with Crippen molar-refractivity contribution in [3.05, 3.63) is 104 Å². The highest BCUT2D eigenvalue weighted by Crippen LogP contribution is 2.38. The van der Waals surface area contributed by atoms with E-state index in [4.69, 9.17) is 34.8 Å². The van der Waals surface area contributed by atoms with Crippen LogP contribution in [0.5, 0.6) is 0 Å². The van der Waals surface area contributed by atoms with Gasteiger partial charge in [0.1, 0.15) is 0 Å². The van der Waals surface area contributed by atoms with Crippen molar-refractivity contribution >= 4 is 40.7 Å². The number of hydrogen-bond donors (Lipinski definition) is 1. The van der Waals surface area contributed by atoms with Gasteiger partial charge in [0.2, 0.25) is 5.91 Å². The lowest BCUT2D eigenvalue weighted by molar-refractivity contribution is -0.137. The van der Waals surface area contributed by atoms with Gasteiger partial charge in [-0.05, 0) is 53.1 Å². The Morgan fingerprint density at radius 3 is 2.23 bits per heavy atom. The Balaban J connectivity index is 1.53. The third kappa shape index (κ3) is 6.34. The molecule has 0 radical (unpaired) electrons. The predicted molar refractivity (Wildman–Crippen MR) is 130 cm³/mol. The van der Waals surface area contributed by atoms with Gasteiger partial charge in [0, 0.05) is 21.5 Å². The van der Waals surface area contributed by atoms with Crippen molar-refractivity contribution in [2.75, 3.05) is 0 Å². The lowest BCUT2D eigenvalue weighted by atomic mass is 9.93. The smallest absolute Gasteiger partial charge is 0.347 e. The molecule has 3 aromatic rings. The molecule has 0 saturated heterocycles. The van der Waals surface area contributed by atoms with E-state index < -0.39 is 23.8 Å². The Labute approximate surface area is 215 Å². The topological polar surface area (TPSA) is 53.8 Å². The third-order valence-corrected chi connectivity index (χ3v) is 6.53. The summed E-state index contributed by atoms with van der Waals surface area (Å²) in [7, 11) is 0. The minimum absolute atomic E-state index is 0.107. The van der Waals surface area contributed by atoms with Crippen molar-refractivity contribution in [1.29, 1.82) is 0 Å². The van der Waals surface area contributed by atoms with Crippen LogP contribution < -0.4 is 5.32 Å². The van der Waals surface area contributed by atoms with E-state index in [1.807, 2.05) is 12.1 Å². The molecular weight excluding hydrogens is 522 g/mol. The molecule has 1 aliphatic heterocycles. The SMILES string of the molecule is O=C(Cc1ccc(C(F)(F)F)cc1)NC(c1ccc(Cl)cc1Cl)C1CC(c2ccc(Cl)cc2)N=N1. The van der Waals surface area contributed by atoms with E-state index in [9.17, 15) is 18.0 Å². The first-order chi connectivity index (χ1) is 16.6. The summed E-state index contributed by atoms with van der Waals surface area (Å²) < 4.78 is 38.5. The van der Waals surface area contributed by atoms with E-state index in [2.05, 4.69) is 15.5 Å². The van der Waals surface area contributed by atoms with Crippen molar-refractivity contribution in [1.82, 2.24) is 5.32 Å². The normalized spacial score (nSPS) is 18.5. The van der Waals surface area contributed by atoms with Crippen LogP contribution in [0.3, 0.4) is 0 Å². The zero-order valence-corrected chi connectivity index (χ0v) is 20.3. The van der Waals surface area contributed by atoms with Gasteiger partial charge in [0.15, 0.2) is 0 Å². The summed E-state index contributed by atoms with van der Waals surface area (Å²) in [6.07, 6.45) is -4.03. The molecule has 10 heteroatoms. The monoisotopic (exact) mass is 539 g/mol. The molecule has 35 heavy (non-hydrogen) atoms. The van der Waals surface area contributed by atoms with Crippen LogP contribution in [0.4, 0.5) is 13.2 Å². The third-order valence-electron chi connectivity index (χ3n) is 5.72. The van der Waals surface area contributed by atoms with Gasteiger partial charge in [-0.25, -0.2) is 0 Å². The molecule has 0 saturated carbocycles. The summed E-state index contributed by atoms with van der Waals surface area (Å²) in [5.74, 6) is -0.383. The fraction of sp³-hybridized carbons (Fsp3) is 0.240. The maximum atomic E-state index is 12.9. The maximum Gasteiger partial charge on any atom is 0.416 e. The fourth-order valence-electron chi connectivity index (χ4n) is 3.94. The molecule has 1 heterocycles. The first-order valence-corrected chi connectivity index (χ1v) is 11.8. The molecule has 0 bridgehead atoms. The molecule has 1 N–H and O–H groups in total. The molecule has 4 nitrogen and oxygen atoms in total. The first-order valence-electron chi connectivity index (χ1n) is 10.7. The van der Waals surface area contributed by atoms with Gasteiger partial charge in [0.05, 0.1) is 30.1 Å². The molecule has 3 aromatic carbocycles. The molecule has 3 unspecified atom stereocenters. The first kappa shape index (κ1) is 25.5. The number of carbonyl (C=O) groups excluding carboxylic acids is 1. The van der Waals surface area contributed by atoms with Gasteiger partial charge >= 0.3 is 6.18 Å². The summed E-state index contributed by atoms with van der Waals surface area (Å²) in [6.45, 7) is 0. The van der Waals surface area contributed by atoms with E-state index >= 15 is 0 Å². The molecule has 0 aromatic heterocycles. The quantitative estimate of drug-likeness (QED) is 0.338. The van der Waals surface area contributed by atoms with Crippen LogP contribution >= 0.6 is 34.8 Å². The van der Waals surface area contributed by atoms with Gasteiger partial charge in [-0.2, -0.15) is 23.4 Å². The Hall–Kier alpha value is -2.61. The van der Waals surface area contributed by atoms with Gasteiger partial charge in [0.25, 0.3) is 0 Å². The molecule has 0 spiro atoms. The lowest BCUT2D eigenvalue weighted by Gasteiger charge is -2.24. The predicted octanol–water partition coefficient (Wildman–Crippen LogP) is 8.03. The van der Waals surface area contributed by atoms with E-state index in [1.165, 1.54) is 12.1 Å². The molecule has 4 rings (SSSR count). The second-order valence-electron chi connectivity index (χ2n) is 8.18. The molecule has 182 valence electrons. The molecule has 0 aliphatic carbocycles. The second-order valence-corrected chi connectivity index (χ2v) is 9.46. The van der Waals surface area contributed by atoms with E-state index in [-0.39, 0.29) is 18.4 Å². The number of amides is 1. The largest absolute Gasteiger partial charge is 0.416 e. The van der Waals surface area contributed by atoms with Crippen molar-refractivity contribution < 1.29 is 18.0 Å². The molecular formula is C25H19Cl3F3N3O. The molecule has 0 fully saturated rings. The van der Waals surface area contributed by atoms with Crippen LogP contribution in [-0.4, -0.2) is 11.9 Å². The highest BCUT2D eigenvalue weighted by molar-refractivity contribution is 6.35. The van der Waals surface area contributed by atoms with E-state index in [0.29, 0.717) is 32.6 Å². The maximum absolute atomic E-state index is 12.9. The number of rotatable bonds is 6. The lowest BCUT2D eigenvalue weighted by Crippen LogP contribution is -2.36. The standard InChI is InChI=1S/C25H19Cl3F3N3O/c26-17-7-3-15(4-8-17)21-13-22(34-33-21)24(19-10-9-18(27)12-20(19)28)32-23(35)11-14-1-5-16(6-2-14)25(29,30)31/h1-10,12,21-22,24H,11,13H2,(H,32,35). The fourth-order valence-corrected chi connectivity index (χ4v) is 4.59. The van der Waals surface area contributed by atoms with E-state index in [0.717, 1.165) is 17.7 Å². The van der Waals surface area contributed by atoms with Crippen molar-refractivity contribution in [2.24, 2.45) is 10.2 Å². The van der Waals surface area contributed by atoms with Crippen molar-refractivity contribution in [3.63, 3.8) is 0 Å². The molecule has 1 aliphatic rings. The number of carbonyl (C=O) groups is 1. The summed E-state index contributed by atoms with van der Waals surface area (Å²) in [4.78, 5) is 12.9.